The Bertz CT molecular complexity index is 882. The Hall–Kier alpha value is -1.67. The van der Waals surface area contributed by atoms with Crippen molar-refractivity contribution in [3.63, 3.8) is 0 Å². The summed E-state index contributed by atoms with van der Waals surface area (Å²) in [5.74, 6) is -0.721. The highest BCUT2D eigenvalue weighted by molar-refractivity contribution is 5.80. The van der Waals surface area contributed by atoms with Crippen molar-refractivity contribution in [3.05, 3.63) is 36.5 Å². The number of nitrogens with one attached hydrogen (secondary N) is 1. The third kappa shape index (κ3) is 18.9. The highest BCUT2D eigenvalue weighted by Crippen LogP contribution is 2.23. The third-order valence-electron chi connectivity index (χ3n) is 8.66. The molecule has 1 fully saturated rings. The summed E-state index contributed by atoms with van der Waals surface area (Å²) in [6.45, 7) is 3.21. The number of hydrogen-bond donors (Lipinski definition) is 8. The predicted octanol–water partition coefficient (Wildman–Crippen LogP) is 3.71. The summed E-state index contributed by atoms with van der Waals surface area (Å²) in [7, 11) is 0. The molecular weight excluding hydrogens is 618 g/mol. The minimum Gasteiger partial charge on any atom is -0.394 e. The van der Waals surface area contributed by atoms with Gasteiger partial charge in [0.05, 0.1) is 25.4 Å². The fraction of sp³-hybridized carbons (Fsp3) is 0.811. The second-order valence-corrected chi connectivity index (χ2v) is 12.9. The van der Waals surface area contributed by atoms with Crippen LogP contribution in [0.5, 0.6) is 0 Å². The first-order chi connectivity index (χ1) is 23.2. The fourth-order valence-corrected chi connectivity index (χ4v) is 5.54. The van der Waals surface area contributed by atoms with Crippen LogP contribution in [0.15, 0.2) is 36.5 Å². The van der Waals surface area contributed by atoms with Crippen LogP contribution in [0.25, 0.3) is 0 Å². The first kappa shape index (κ1) is 44.4. The van der Waals surface area contributed by atoms with Crippen LogP contribution >= 0.6 is 0 Å². The fourth-order valence-electron chi connectivity index (χ4n) is 5.54. The number of rotatable bonds is 28. The van der Waals surface area contributed by atoms with E-state index in [1.807, 2.05) is 6.08 Å². The van der Waals surface area contributed by atoms with Gasteiger partial charge in [-0.3, -0.25) is 4.79 Å². The molecule has 11 nitrogen and oxygen atoms in total. The molecule has 0 spiro atoms. The normalized spacial score (nSPS) is 24.4. The molecular formula is C37H67NO10. The van der Waals surface area contributed by atoms with Gasteiger partial charge in [-0.25, -0.2) is 0 Å². The molecule has 0 aromatic carbocycles. The Balaban J connectivity index is 2.64. The Kier molecular flexibility index (Phi) is 25.9. The number of amides is 1. The lowest BCUT2D eigenvalue weighted by Gasteiger charge is -2.40. The lowest BCUT2D eigenvalue weighted by molar-refractivity contribution is -0.303. The van der Waals surface area contributed by atoms with Crippen LogP contribution in [0, 0.1) is 0 Å². The van der Waals surface area contributed by atoms with E-state index in [4.69, 9.17) is 9.47 Å². The van der Waals surface area contributed by atoms with Crippen LogP contribution in [0.4, 0.5) is 0 Å². The molecule has 11 heteroatoms. The van der Waals surface area contributed by atoms with E-state index >= 15 is 0 Å². The standard InChI is InChI=1S/C37H67NO10/c1-3-5-7-9-11-13-14-15-16-17-19-20-22-24-29(40)32(42)28(27-47-37-35(45)34(44)33(43)31(26-39)48-37)38-36(46)30(41)25-23-21-18-12-10-8-6-4-2/h5,7,13-14,17,19,28-35,37,39-45H,3-4,6,8-12,15-16,18,20-27H2,1-2H3,(H,38,46)/b7-5+,14-13+,19-17+. The third-order valence-corrected chi connectivity index (χ3v) is 8.66. The van der Waals surface area contributed by atoms with Gasteiger partial charge in [-0.2, -0.15) is 0 Å². The molecule has 9 atom stereocenters. The lowest BCUT2D eigenvalue weighted by Crippen LogP contribution is -2.60. The van der Waals surface area contributed by atoms with Crippen molar-refractivity contribution in [2.45, 2.75) is 178 Å². The van der Waals surface area contributed by atoms with Gasteiger partial charge in [-0.1, -0.05) is 102 Å². The van der Waals surface area contributed by atoms with Crippen LogP contribution in [0.3, 0.4) is 0 Å². The minimum absolute atomic E-state index is 0.240. The maximum Gasteiger partial charge on any atom is 0.249 e. The van der Waals surface area contributed by atoms with Crippen molar-refractivity contribution in [1.82, 2.24) is 5.32 Å². The molecule has 1 aliphatic rings. The molecule has 0 aromatic heterocycles. The Morgan fingerprint density at radius 3 is 1.88 bits per heavy atom. The van der Waals surface area contributed by atoms with Crippen molar-refractivity contribution in [1.29, 1.82) is 0 Å². The highest BCUT2D eigenvalue weighted by Gasteiger charge is 2.44. The zero-order valence-corrected chi connectivity index (χ0v) is 29.5. The quantitative estimate of drug-likeness (QED) is 0.0445. The minimum atomic E-state index is -1.67. The summed E-state index contributed by atoms with van der Waals surface area (Å²) < 4.78 is 11.0. The summed E-state index contributed by atoms with van der Waals surface area (Å²) in [6.07, 6.45) is 16.6. The number of hydrogen-bond acceptors (Lipinski definition) is 10. The topological polar surface area (TPSA) is 189 Å². The van der Waals surface area contributed by atoms with Gasteiger partial charge in [-0.05, 0) is 57.8 Å². The average molecular weight is 686 g/mol. The predicted molar refractivity (Wildman–Crippen MR) is 187 cm³/mol. The van der Waals surface area contributed by atoms with E-state index in [0.717, 1.165) is 51.4 Å². The second-order valence-electron chi connectivity index (χ2n) is 12.9. The average Bonchev–Trinajstić information content (AvgIpc) is 3.08. The van der Waals surface area contributed by atoms with Gasteiger partial charge in [0, 0.05) is 0 Å². The number of allylic oxidation sites excluding steroid dienone is 6. The van der Waals surface area contributed by atoms with Crippen LogP contribution in [0.2, 0.25) is 0 Å². The van der Waals surface area contributed by atoms with E-state index in [2.05, 4.69) is 49.5 Å². The van der Waals surface area contributed by atoms with Gasteiger partial charge in [0.2, 0.25) is 5.91 Å². The maximum absolute atomic E-state index is 12.9. The van der Waals surface area contributed by atoms with E-state index in [-0.39, 0.29) is 12.8 Å². The largest absolute Gasteiger partial charge is 0.394 e. The summed E-state index contributed by atoms with van der Waals surface area (Å²) in [5.41, 5.74) is 0. The molecule has 0 bridgehead atoms. The van der Waals surface area contributed by atoms with E-state index in [9.17, 15) is 40.5 Å². The lowest BCUT2D eigenvalue weighted by atomic mass is 9.98. The number of carbonyl (C=O) groups excluding carboxylic acids is 1. The van der Waals surface area contributed by atoms with Gasteiger partial charge in [0.1, 0.15) is 36.6 Å². The highest BCUT2D eigenvalue weighted by atomic mass is 16.7. The molecule has 0 aliphatic carbocycles. The molecule has 1 aliphatic heterocycles. The number of unbranched alkanes of at least 4 members (excludes halogenated alkanes) is 10. The molecule has 1 rings (SSSR count). The summed E-state index contributed by atoms with van der Waals surface area (Å²) in [4.78, 5) is 12.9. The van der Waals surface area contributed by atoms with Crippen molar-refractivity contribution in [3.8, 4) is 0 Å². The molecule has 0 aromatic rings. The summed E-state index contributed by atoms with van der Waals surface area (Å²) in [5, 5.41) is 74.9. The van der Waals surface area contributed by atoms with Crippen LogP contribution < -0.4 is 5.32 Å². The van der Waals surface area contributed by atoms with Crippen molar-refractivity contribution in [2.75, 3.05) is 13.2 Å². The monoisotopic (exact) mass is 685 g/mol. The first-order valence-corrected chi connectivity index (χ1v) is 18.4. The second kappa shape index (κ2) is 28.1. The Labute approximate surface area is 288 Å². The zero-order valence-electron chi connectivity index (χ0n) is 29.5. The SMILES string of the molecule is CC/C=C/CC/C=C/CC/C=C/CCCC(O)C(O)C(COC1OC(CO)C(O)C(O)C1O)NC(=O)C(O)CCCCCCCCCC. The van der Waals surface area contributed by atoms with Gasteiger partial charge < -0.3 is 50.5 Å². The Morgan fingerprint density at radius 2 is 1.29 bits per heavy atom. The van der Waals surface area contributed by atoms with Gasteiger partial charge >= 0.3 is 0 Å². The molecule has 0 saturated carbocycles. The first-order valence-electron chi connectivity index (χ1n) is 18.4. The van der Waals surface area contributed by atoms with Crippen LogP contribution in [-0.4, -0.2) is 110 Å². The molecule has 48 heavy (non-hydrogen) atoms. The Morgan fingerprint density at radius 1 is 0.729 bits per heavy atom. The molecule has 0 radical (unpaired) electrons. The number of aliphatic hydroxyl groups is 7. The molecule has 1 amide bonds. The van der Waals surface area contributed by atoms with Crippen molar-refractivity contribution in [2.24, 2.45) is 0 Å². The van der Waals surface area contributed by atoms with Gasteiger partial charge in [0.15, 0.2) is 6.29 Å². The number of ether oxygens (including phenoxy) is 2. The molecule has 1 saturated heterocycles. The smallest absolute Gasteiger partial charge is 0.249 e. The van der Waals surface area contributed by atoms with Crippen LogP contribution in [-0.2, 0) is 14.3 Å². The number of carbonyl (C=O) groups is 1. The van der Waals surface area contributed by atoms with E-state index in [1.54, 1.807) is 0 Å². The van der Waals surface area contributed by atoms with Gasteiger partial charge in [-0.15, -0.1) is 0 Å². The summed E-state index contributed by atoms with van der Waals surface area (Å²) >= 11 is 0. The molecule has 1 heterocycles. The van der Waals surface area contributed by atoms with Crippen molar-refractivity contribution < 1.29 is 50.0 Å². The van der Waals surface area contributed by atoms with E-state index < -0.39 is 74.2 Å². The summed E-state index contributed by atoms with van der Waals surface area (Å²) in [6, 6.07) is -1.19. The zero-order chi connectivity index (χ0) is 35.6. The van der Waals surface area contributed by atoms with Crippen molar-refractivity contribution >= 4 is 5.91 Å². The maximum atomic E-state index is 12.9. The number of aliphatic hydroxyl groups excluding tert-OH is 7. The molecule has 280 valence electrons. The van der Waals surface area contributed by atoms with E-state index in [1.165, 1.54) is 25.7 Å². The molecule has 8 N–H and O–H groups in total. The molecule has 9 unspecified atom stereocenters. The van der Waals surface area contributed by atoms with Crippen LogP contribution in [0.1, 0.15) is 123 Å². The van der Waals surface area contributed by atoms with E-state index in [0.29, 0.717) is 19.3 Å². The van der Waals surface area contributed by atoms with Gasteiger partial charge in [0.25, 0.3) is 0 Å².